The molecule has 0 aliphatic rings. The van der Waals surface area contributed by atoms with Crippen LogP contribution in [-0.4, -0.2) is 35.0 Å². The fourth-order valence-corrected chi connectivity index (χ4v) is 2.17. The molecule has 1 rings (SSSR count). The average Bonchev–Trinajstić information content (AvgIpc) is 2.76. The fourth-order valence-electron chi connectivity index (χ4n) is 1.40. The molecule has 0 saturated heterocycles. The zero-order valence-corrected chi connectivity index (χ0v) is 10.7. The van der Waals surface area contributed by atoms with Gasteiger partial charge in [-0.15, -0.1) is 11.3 Å². The van der Waals surface area contributed by atoms with E-state index in [4.69, 9.17) is 5.11 Å². The van der Waals surface area contributed by atoms with Crippen LogP contribution >= 0.6 is 11.3 Å². The van der Waals surface area contributed by atoms with Gasteiger partial charge in [-0.3, -0.25) is 4.79 Å². The molecule has 17 heavy (non-hydrogen) atoms. The minimum absolute atomic E-state index is 0.0128. The van der Waals surface area contributed by atoms with Crippen molar-refractivity contribution < 1.29 is 14.7 Å². The monoisotopic (exact) mass is 253 g/mol. The van der Waals surface area contributed by atoms with Gasteiger partial charge in [-0.1, -0.05) is 0 Å². The lowest BCUT2D eigenvalue weighted by molar-refractivity contribution is -0.131. The molecule has 1 aromatic heterocycles. The van der Waals surface area contributed by atoms with Gasteiger partial charge >= 0.3 is 5.97 Å². The number of rotatable bonds is 5. The minimum atomic E-state index is -0.991. The van der Waals surface area contributed by atoms with Crippen molar-refractivity contribution in [1.29, 1.82) is 0 Å². The number of aliphatic carboxylic acids is 1. The van der Waals surface area contributed by atoms with E-state index >= 15 is 0 Å². The minimum Gasteiger partial charge on any atom is -0.478 e. The summed E-state index contributed by atoms with van der Waals surface area (Å²) in [7, 11) is 0. The van der Waals surface area contributed by atoms with Gasteiger partial charge < -0.3 is 10.0 Å². The number of carbonyl (C=O) groups excluding carboxylic acids is 1. The quantitative estimate of drug-likeness (QED) is 0.819. The first-order valence-electron chi connectivity index (χ1n) is 5.37. The van der Waals surface area contributed by atoms with Crippen LogP contribution in [0.15, 0.2) is 17.5 Å². The van der Waals surface area contributed by atoms with Gasteiger partial charge in [0.05, 0.1) is 5.56 Å². The van der Waals surface area contributed by atoms with Crippen molar-refractivity contribution in [2.24, 2.45) is 0 Å². The van der Waals surface area contributed by atoms with Crippen molar-refractivity contribution >= 4 is 29.3 Å². The first kappa shape index (κ1) is 13.4. The maximum Gasteiger partial charge on any atom is 0.328 e. The average molecular weight is 253 g/mol. The van der Waals surface area contributed by atoms with E-state index in [9.17, 15) is 9.59 Å². The number of carbonyl (C=O) groups is 2. The summed E-state index contributed by atoms with van der Waals surface area (Å²) in [5.74, 6) is -1.00. The maximum atomic E-state index is 12.0. The van der Waals surface area contributed by atoms with E-state index in [-0.39, 0.29) is 5.91 Å². The van der Waals surface area contributed by atoms with Gasteiger partial charge in [0.15, 0.2) is 0 Å². The molecule has 0 aliphatic carbocycles. The fraction of sp³-hybridized carbons (Fsp3) is 0.333. The standard InChI is InChI=1S/C12H15NO3S/c1-3-13(4-2)12(16)9-7-10(17-8-9)5-6-11(14)15/h5-8H,3-4H2,1-2H3,(H,14,15). The Hall–Kier alpha value is -1.62. The maximum absolute atomic E-state index is 12.0. The summed E-state index contributed by atoms with van der Waals surface area (Å²) in [5.41, 5.74) is 0.615. The Bertz CT molecular complexity index is 433. The molecule has 1 heterocycles. The summed E-state index contributed by atoms with van der Waals surface area (Å²) in [6, 6.07) is 1.71. The van der Waals surface area contributed by atoms with Crippen LogP contribution < -0.4 is 0 Å². The van der Waals surface area contributed by atoms with Crippen molar-refractivity contribution in [3.63, 3.8) is 0 Å². The molecule has 92 valence electrons. The van der Waals surface area contributed by atoms with Crippen molar-refractivity contribution in [2.75, 3.05) is 13.1 Å². The van der Waals surface area contributed by atoms with Gasteiger partial charge in [0.2, 0.25) is 0 Å². The highest BCUT2D eigenvalue weighted by atomic mass is 32.1. The zero-order valence-electron chi connectivity index (χ0n) is 9.84. The highest BCUT2D eigenvalue weighted by Crippen LogP contribution is 2.17. The van der Waals surface area contributed by atoms with Crippen LogP contribution in [0.3, 0.4) is 0 Å². The SMILES string of the molecule is CCN(CC)C(=O)c1csc(C=CC(=O)O)c1. The Morgan fingerprint density at radius 1 is 1.41 bits per heavy atom. The van der Waals surface area contributed by atoms with E-state index in [1.807, 2.05) is 13.8 Å². The normalized spacial score (nSPS) is 10.7. The number of amides is 1. The van der Waals surface area contributed by atoms with Crippen molar-refractivity contribution in [2.45, 2.75) is 13.8 Å². The molecular weight excluding hydrogens is 238 g/mol. The number of nitrogens with zero attached hydrogens (tertiary/aromatic N) is 1. The van der Waals surface area contributed by atoms with Crippen LogP contribution in [0, 0.1) is 0 Å². The Morgan fingerprint density at radius 3 is 2.59 bits per heavy atom. The van der Waals surface area contributed by atoms with Crippen LogP contribution in [0.25, 0.3) is 6.08 Å². The molecule has 0 aromatic carbocycles. The Kier molecular flexibility index (Phi) is 4.90. The van der Waals surface area contributed by atoms with Crippen LogP contribution in [0.5, 0.6) is 0 Å². The molecule has 0 fully saturated rings. The third-order valence-electron chi connectivity index (χ3n) is 2.31. The van der Waals surface area contributed by atoms with Crippen LogP contribution in [-0.2, 0) is 4.79 Å². The predicted molar refractivity (Wildman–Crippen MR) is 68.2 cm³/mol. The molecule has 0 bridgehead atoms. The number of hydrogen-bond donors (Lipinski definition) is 1. The van der Waals surface area contributed by atoms with Gasteiger partial charge in [-0.2, -0.15) is 0 Å². The molecule has 0 spiro atoms. The third kappa shape index (κ3) is 3.71. The van der Waals surface area contributed by atoms with Crippen molar-refractivity contribution in [3.05, 3.63) is 28.0 Å². The third-order valence-corrected chi connectivity index (χ3v) is 3.21. The van der Waals surface area contributed by atoms with Crippen molar-refractivity contribution in [1.82, 2.24) is 4.90 Å². The molecule has 1 N–H and O–H groups in total. The first-order valence-corrected chi connectivity index (χ1v) is 6.25. The largest absolute Gasteiger partial charge is 0.478 e. The summed E-state index contributed by atoms with van der Waals surface area (Å²) in [5, 5.41) is 10.2. The molecule has 0 radical (unpaired) electrons. The Labute approximate surface area is 104 Å². The second kappa shape index (κ2) is 6.20. The highest BCUT2D eigenvalue weighted by molar-refractivity contribution is 7.11. The van der Waals surface area contributed by atoms with Crippen molar-refractivity contribution in [3.8, 4) is 0 Å². The van der Waals surface area contributed by atoms with E-state index < -0.39 is 5.97 Å². The van der Waals surface area contributed by atoms with E-state index in [0.717, 1.165) is 11.0 Å². The van der Waals surface area contributed by atoms with Gasteiger partial charge in [0.25, 0.3) is 5.91 Å². The summed E-state index contributed by atoms with van der Waals surface area (Å²) in [4.78, 5) is 24.8. The molecule has 0 aliphatic heterocycles. The van der Waals surface area contributed by atoms with Crippen LogP contribution in [0.4, 0.5) is 0 Å². The molecule has 1 aromatic rings. The topological polar surface area (TPSA) is 57.6 Å². The molecule has 4 nitrogen and oxygen atoms in total. The highest BCUT2D eigenvalue weighted by Gasteiger charge is 2.13. The van der Waals surface area contributed by atoms with Gasteiger partial charge in [-0.25, -0.2) is 4.79 Å². The lowest BCUT2D eigenvalue weighted by Crippen LogP contribution is -2.30. The van der Waals surface area contributed by atoms with Gasteiger partial charge in [0.1, 0.15) is 0 Å². The lowest BCUT2D eigenvalue weighted by Gasteiger charge is -2.17. The van der Waals surface area contributed by atoms with Crippen LogP contribution in [0.1, 0.15) is 29.1 Å². The van der Waals surface area contributed by atoms with Gasteiger partial charge in [0, 0.05) is 29.4 Å². The number of hydrogen-bond acceptors (Lipinski definition) is 3. The number of carboxylic acid groups (broad SMARTS) is 1. The smallest absolute Gasteiger partial charge is 0.328 e. The summed E-state index contributed by atoms with van der Waals surface area (Å²) >= 11 is 1.36. The molecular formula is C12H15NO3S. The number of thiophene rings is 1. The molecule has 5 heteroatoms. The second-order valence-electron chi connectivity index (χ2n) is 3.39. The van der Waals surface area contributed by atoms with Crippen LogP contribution in [0.2, 0.25) is 0 Å². The predicted octanol–water partition coefficient (Wildman–Crippen LogP) is 2.33. The summed E-state index contributed by atoms with van der Waals surface area (Å²) in [6.07, 6.45) is 2.56. The van der Waals surface area contributed by atoms with Gasteiger partial charge in [-0.05, 0) is 26.0 Å². The van der Waals surface area contributed by atoms with E-state index in [1.165, 1.54) is 17.4 Å². The van der Waals surface area contributed by atoms with E-state index in [1.54, 1.807) is 16.3 Å². The summed E-state index contributed by atoms with van der Waals surface area (Å²) in [6.45, 7) is 5.20. The second-order valence-corrected chi connectivity index (χ2v) is 4.33. The molecule has 1 amide bonds. The summed E-state index contributed by atoms with van der Waals surface area (Å²) < 4.78 is 0. The number of carboxylic acids is 1. The molecule has 0 atom stereocenters. The molecule has 0 saturated carbocycles. The van der Waals surface area contributed by atoms with E-state index in [2.05, 4.69) is 0 Å². The first-order chi connectivity index (χ1) is 8.08. The Balaban J connectivity index is 2.80. The molecule has 0 unspecified atom stereocenters. The Morgan fingerprint density at radius 2 is 2.06 bits per heavy atom. The lowest BCUT2D eigenvalue weighted by atomic mass is 10.2. The van der Waals surface area contributed by atoms with E-state index in [0.29, 0.717) is 18.7 Å². The zero-order chi connectivity index (χ0) is 12.8.